The van der Waals surface area contributed by atoms with Crippen LogP contribution in [0.1, 0.15) is 23.0 Å². The number of nitrogens with zero attached hydrogens (tertiary/aromatic N) is 1. The second kappa shape index (κ2) is 4.39. The Morgan fingerprint density at radius 2 is 2.38 bits per heavy atom. The Kier molecular flexibility index (Phi) is 3.12. The predicted molar refractivity (Wildman–Crippen MR) is 65.3 cm³/mol. The SMILES string of the molecule is CCOC(=O)c1ncc(C)c2sc(Cl)cc12. The van der Waals surface area contributed by atoms with Crippen LogP contribution in [0.25, 0.3) is 10.1 Å². The van der Waals surface area contributed by atoms with Gasteiger partial charge in [-0.25, -0.2) is 9.78 Å². The molecule has 0 saturated heterocycles. The van der Waals surface area contributed by atoms with Crippen molar-refractivity contribution in [2.75, 3.05) is 6.61 Å². The first-order valence-electron chi connectivity index (χ1n) is 4.85. The zero-order valence-corrected chi connectivity index (χ0v) is 10.5. The summed E-state index contributed by atoms with van der Waals surface area (Å²) >= 11 is 7.39. The molecule has 0 radical (unpaired) electrons. The summed E-state index contributed by atoms with van der Waals surface area (Å²) in [6, 6.07) is 1.76. The first-order valence-corrected chi connectivity index (χ1v) is 6.04. The molecule has 0 amide bonds. The number of hydrogen-bond acceptors (Lipinski definition) is 4. The average molecular weight is 256 g/mol. The van der Waals surface area contributed by atoms with Crippen LogP contribution in [0.2, 0.25) is 4.34 Å². The molecule has 2 aromatic heterocycles. The number of ether oxygens (including phenoxy) is 1. The van der Waals surface area contributed by atoms with Gasteiger partial charge >= 0.3 is 5.97 Å². The van der Waals surface area contributed by atoms with E-state index < -0.39 is 5.97 Å². The molecule has 0 saturated carbocycles. The number of pyridine rings is 1. The molecule has 2 aromatic rings. The van der Waals surface area contributed by atoms with E-state index in [1.807, 2.05) is 6.92 Å². The molecule has 0 fully saturated rings. The highest BCUT2D eigenvalue weighted by molar-refractivity contribution is 7.22. The lowest BCUT2D eigenvalue weighted by atomic mass is 10.2. The Morgan fingerprint density at radius 3 is 3.06 bits per heavy atom. The third-order valence-electron chi connectivity index (χ3n) is 2.17. The number of halogens is 1. The summed E-state index contributed by atoms with van der Waals surface area (Å²) in [5, 5.41) is 0.772. The molecule has 0 spiro atoms. The third-order valence-corrected chi connectivity index (χ3v) is 3.57. The highest BCUT2D eigenvalue weighted by Crippen LogP contribution is 2.33. The van der Waals surface area contributed by atoms with Crippen molar-refractivity contribution >= 4 is 39.0 Å². The van der Waals surface area contributed by atoms with Crippen LogP contribution in [-0.4, -0.2) is 17.6 Å². The number of hydrogen-bond donors (Lipinski definition) is 0. The van der Waals surface area contributed by atoms with Crippen molar-refractivity contribution in [2.45, 2.75) is 13.8 Å². The topological polar surface area (TPSA) is 39.2 Å². The van der Waals surface area contributed by atoms with Gasteiger partial charge in [0, 0.05) is 16.3 Å². The number of rotatable bonds is 2. The lowest BCUT2D eigenvalue weighted by molar-refractivity contribution is 0.0522. The lowest BCUT2D eigenvalue weighted by Crippen LogP contribution is -2.07. The second-order valence-electron chi connectivity index (χ2n) is 3.30. The molecule has 0 atom stereocenters. The summed E-state index contributed by atoms with van der Waals surface area (Å²) < 4.78 is 6.58. The van der Waals surface area contributed by atoms with E-state index in [0.29, 0.717) is 16.6 Å². The van der Waals surface area contributed by atoms with Crippen molar-refractivity contribution in [3.8, 4) is 0 Å². The first kappa shape index (κ1) is 11.4. The zero-order valence-electron chi connectivity index (χ0n) is 8.91. The smallest absolute Gasteiger partial charge is 0.357 e. The van der Waals surface area contributed by atoms with Crippen LogP contribution in [0.5, 0.6) is 0 Å². The van der Waals surface area contributed by atoms with Gasteiger partial charge in [0.15, 0.2) is 5.69 Å². The van der Waals surface area contributed by atoms with Crippen LogP contribution < -0.4 is 0 Å². The van der Waals surface area contributed by atoms with E-state index in [1.165, 1.54) is 11.3 Å². The van der Waals surface area contributed by atoms with Gasteiger partial charge < -0.3 is 4.74 Å². The van der Waals surface area contributed by atoms with Gasteiger partial charge in [-0.3, -0.25) is 0 Å². The number of esters is 1. The number of carbonyl (C=O) groups is 1. The fraction of sp³-hybridized carbons (Fsp3) is 0.273. The van der Waals surface area contributed by atoms with Crippen LogP contribution in [-0.2, 0) is 4.74 Å². The van der Waals surface area contributed by atoms with Crippen molar-refractivity contribution in [1.82, 2.24) is 4.98 Å². The number of thiophene rings is 1. The summed E-state index contributed by atoms with van der Waals surface area (Å²) in [5.41, 5.74) is 1.35. The van der Waals surface area contributed by atoms with E-state index in [4.69, 9.17) is 16.3 Å². The van der Waals surface area contributed by atoms with Crippen molar-refractivity contribution < 1.29 is 9.53 Å². The maximum absolute atomic E-state index is 11.7. The van der Waals surface area contributed by atoms with Gasteiger partial charge in [-0.15, -0.1) is 11.3 Å². The van der Waals surface area contributed by atoms with E-state index in [0.717, 1.165) is 15.6 Å². The zero-order chi connectivity index (χ0) is 11.7. The molecule has 0 aliphatic rings. The fourth-order valence-electron chi connectivity index (χ4n) is 1.48. The summed E-state index contributed by atoms with van der Waals surface area (Å²) in [5.74, 6) is -0.401. The van der Waals surface area contributed by atoms with Crippen LogP contribution >= 0.6 is 22.9 Å². The van der Waals surface area contributed by atoms with E-state index >= 15 is 0 Å². The average Bonchev–Trinajstić information content (AvgIpc) is 2.61. The third kappa shape index (κ3) is 1.90. The van der Waals surface area contributed by atoms with Crippen molar-refractivity contribution in [3.05, 3.63) is 27.9 Å². The van der Waals surface area contributed by atoms with Crippen molar-refractivity contribution in [2.24, 2.45) is 0 Å². The maximum atomic E-state index is 11.7. The molecule has 0 bridgehead atoms. The van der Waals surface area contributed by atoms with Crippen molar-refractivity contribution in [3.63, 3.8) is 0 Å². The molecule has 16 heavy (non-hydrogen) atoms. The lowest BCUT2D eigenvalue weighted by Gasteiger charge is -2.03. The molecular weight excluding hydrogens is 246 g/mol. The van der Waals surface area contributed by atoms with Gasteiger partial charge in [0.1, 0.15) is 0 Å². The molecule has 2 heterocycles. The fourth-order valence-corrected chi connectivity index (χ4v) is 2.67. The molecule has 0 aliphatic carbocycles. The minimum absolute atomic E-state index is 0.339. The Morgan fingerprint density at radius 1 is 1.62 bits per heavy atom. The summed E-state index contributed by atoms with van der Waals surface area (Å²) in [4.78, 5) is 15.8. The highest BCUT2D eigenvalue weighted by atomic mass is 35.5. The van der Waals surface area contributed by atoms with Crippen molar-refractivity contribution in [1.29, 1.82) is 0 Å². The van der Waals surface area contributed by atoms with Crippen LogP contribution in [0.4, 0.5) is 0 Å². The molecule has 84 valence electrons. The summed E-state index contributed by atoms with van der Waals surface area (Å²) in [6.45, 7) is 4.05. The minimum atomic E-state index is -0.401. The van der Waals surface area contributed by atoms with E-state index in [1.54, 1.807) is 19.2 Å². The standard InChI is InChI=1S/C11H10ClNO2S/c1-3-15-11(14)9-7-4-8(12)16-10(7)6(2)5-13-9/h4-5H,3H2,1-2H3. The molecule has 3 nitrogen and oxygen atoms in total. The number of carbonyl (C=O) groups excluding carboxylic acids is 1. The molecule has 5 heteroatoms. The van der Waals surface area contributed by atoms with Gasteiger partial charge in [-0.2, -0.15) is 0 Å². The molecule has 0 N–H and O–H groups in total. The van der Waals surface area contributed by atoms with Gasteiger partial charge in [0.05, 0.1) is 10.9 Å². The van der Waals surface area contributed by atoms with Gasteiger partial charge in [0.25, 0.3) is 0 Å². The normalized spacial score (nSPS) is 10.7. The van der Waals surface area contributed by atoms with Gasteiger partial charge in [-0.05, 0) is 25.5 Å². The second-order valence-corrected chi connectivity index (χ2v) is 4.99. The van der Waals surface area contributed by atoms with Gasteiger partial charge in [-0.1, -0.05) is 11.6 Å². The molecular formula is C11H10ClNO2S. The highest BCUT2D eigenvalue weighted by Gasteiger charge is 2.16. The van der Waals surface area contributed by atoms with Crippen LogP contribution in [0, 0.1) is 6.92 Å². The first-order chi connectivity index (χ1) is 7.63. The minimum Gasteiger partial charge on any atom is -0.461 e. The Hall–Kier alpha value is -1.13. The largest absolute Gasteiger partial charge is 0.461 e. The van der Waals surface area contributed by atoms with E-state index in [-0.39, 0.29) is 0 Å². The quantitative estimate of drug-likeness (QED) is 0.772. The van der Waals surface area contributed by atoms with Crippen LogP contribution in [0.15, 0.2) is 12.3 Å². The molecule has 0 aliphatic heterocycles. The Labute approximate surface area is 102 Å². The van der Waals surface area contributed by atoms with E-state index in [9.17, 15) is 4.79 Å². The van der Waals surface area contributed by atoms with Gasteiger partial charge in [0.2, 0.25) is 0 Å². The number of fused-ring (bicyclic) bond motifs is 1. The monoisotopic (exact) mass is 255 g/mol. The molecule has 2 rings (SSSR count). The number of aromatic nitrogens is 1. The summed E-state index contributed by atoms with van der Waals surface area (Å²) in [6.07, 6.45) is 1.67. The Bertz CT molecular complexity index is 550. The predicted octanol–water partition coefficient (Wildman–Crippen LogP) is 3.43. The Balaban J connectivity index is 2.62. The van der Waals surface area contributed by atoms with E-state index in [2.05, 4.69) is 4.98 Å². The molecule has 0 aromatic carbocycles. The summed E-state index contributed by atoms with van der Waals surface area (Å²) in [7, 11) is 0. The van der Waals surface area contributed by atoms with Crippen LogP contribution in [0.3, 0.4) is 0 Å². The number of aryl methyl sites for hydroxylation is 1. The maximum Gasteiger partial charge on any atom is 0.357 e. The molecule has 0 unspecified atom stereocenters.